The predicted octanol–water partition coefficient (Wildman–Crippen LogP) is 2.20. The summed E-state index contributed by atoms with van der Waals surface area (Å²) < 4.78 is 0. The van der Waals surface area contributed by atoms with Crippen molar-refractivity contribution >= 4 is 11.8 Å². The molecule has 2 rings (SSSR count). The molecule has 6 nitrogen and oxygen atoms in total. The lowest BCUT2D eigenvalue weighted by Crippen LogP contribution is -2.52. The SMILES string of the molecule is CC(C)C(=O)NCC1CCCN(CC(=O)NC2(C#N)CCCCCC2)C1. The van der Waals surface area contributed by atoms with Gasteiger partial charge >= 0.3 is 0 Å². The minimum absolute atomic E-state index is 0.00205. The summed E-state index contributed by atoms with van der Waals surface area (Å²) in [7, 11) is 0. The van der Waals surface area contributed by atoms with Gasteiger partial charge in [0.25, 0.3) is 0 Å². The van der Waals surface area contributed by atoms with Crippen LogP contribution in [0.2, 0.25) is 0 Å². The largest absolute Gasteiger partial charge is 0.356 e. The fourth-order valence-corrected chi connectivity index (χ4v) is 4.02. The first-order chi connectivity index (χ1) is 12.4. The van der Waals surface area contributed by atoms with Crippen molar-refractivity contribution in [3.8, 4) is 6.07 Å². The second-order valence-corrected chi connectivity index (χ2v) is 8.30. The Morgan fingerprint density at radius 1 is 1.19 bits per heavy atom. The van der Waals surface area contributed by atoms with Crippen molar-refractivity contribution in [2.24, 2.45) is 11.8 Å². The lowest BCUT2D eigenvalue weighted by molar-refractivity contribution is -0.125. The molecule has 1 heterocycles. The highest BCUT2D eigenvalue weighted by Gasteiger charge is 2.33. The maximum atomic E-state index is 12.5. The summed E-state index contributed by atoms with van der Waals surface area (Å²) in [5.74, 6) is 0.439. The molecular formula is C20H34N4O2. The van der Waals surface area contributed by atoms with Gasteiger partial charge in [-0.3, -0.25) is 14.5 Å². The molecule has 1 saturated carbocycles. The Labute approximate surface area is 157 Å². The van der Waals surface area contributed by atoms with Crippen molar-refractivity contribution < 1.29 is 9.59 Å². The van der Waals surface area contributed by atoms with E-state index in [1.165, 1.54) is 0 Å². The highest BCUT2D eigenvalue weighted by Crippen LogP contribution is 2.26. The molecule has 0 bridgehead atoms. The van der Waals surface area contributed by atoms with Crippen molar-refractivity contribution in [3.05, 3.63) is 0 Å². The van der Waals surface area contributed by atoms with Gasteiger partial charge < -0.3 is 10.6 Å². The lowest BCUT2D eigenvalue weighted by atomic mass is 9.91. The maximum absolute atomic E-state index is 12.5. The average molecular weight is 363 g/mol. The summed E-state index contributed by atoms with van der Waals surface area (Å²) in [6, 6.07) is 2.38. The number of piperidine rings is 1. The van der Waals surface area contributed by atoms with Crippen LogP contribution >= 0.6 is 0 Å². The van der Waals surface area contributed by atoms with Crippen LogP contribution in [0.15, 0.2) is 0 Å². The van der Waals surface area contributed by atoms with Crippen LogP contribution in [-0.4, -0.2) is 48.4 Å². The molecule has 2 aliphatic rings. The molecule has 0 aromatic heterocycles. The van der Waals surface area contributed by atoms with E-state index in [4.69, 9.17) is 0 Å². The fraction of sp³-hybridized carbons (Fsp3) is 0.850. The Morgan fingerprint density at radius 2 is 1.88 bits per heavy atom. The molecule has 1 aliphatic heterocycles. The van der Waals surface area contributed by atoms with Crippen LogP contribution < -0.4 is 10.6 Å². The van der Waals surface area contributed by atoms with Gasteiger partial charge in [0.15, 0.2) is 0 Å². The van der Waals surface area contributed by atoms with E-state index in [1.807, 2.05) is 13.8 Å². The Kier molecular flexibility index (Phi) is 7.89. The van der Waals surface area contributed by atoms with Gasteiger partial charge in [-0.2, -0.15) is 5.26 Å². The molecule has 0 spiro atoms. The van der Waals surface area contributed by atoms with E-state index in [9.17, 15) is 14.9 Å². The third kappa shape index (κ3) is 6.28. The quantitative estimate of drug-likeness (QED) is 0.710. The summed E-state index contributed by atoms with van der Waals surface area (Å²) in [6.07, 6.45) is 7.96. The number of hydrogen-bond acceptors (Lipinski definition) is 4. The monoisotopic (exact) mass is 362 g/mol. The standard InChI is InChI=1S/C20H34N4O2/c1-16(2)19(26)22-12-17-8-7-11-24(13-17)14-18(25)23-20(15-21)9-5-3-4-6-10-20/h16-17H,3-14H2,1-2H3,(H,22,26)(H,23,25). The number of hydrogen-bond donors (Lipinski definition) is 2. The summed E-state index contributed by atoms with van der Waals surface area (Å²) in [4.78, 5) is 26.4. The number of carbonyl (C=O) groups is 2. The highest BCUT2D eigenvalue weighted by molar-refractivity contribution is 5.79. The molecule has 1 aliphatic carbocycles. The van der Waals surface area contributed by atoms with Crippen molar-refractivity contribution in [2.45, 2.75) is 70.8 Å². The van der Waals surface area contributed by atoms with Crippen LogP contribution in [0.4, 0.5) is 0 Å². The van der Waals surface area contributed by atoms with Crippen molar-refractivity contribution in [1.82, 2.24) is 15.5 Å². The van der Waals surface area contributed by atoms with Crippen molar-refractivity contribution in [3.63, 3.8) is 0 Å². The van der Waals surface area contributed by atoms with Gasteiger partial charge in [-0.15, -0.1) is 0 Å². The average Bonchev–Trinajstić information content (AvgIpc) is 2.85. The van der Waals surface area contributed by atoms with Gasteiger partial charge in [0.1, 0.15) is 5.54 Å². The Hall–Kier alpha value is -1.61. The van der Waals surface area contributed by atoms with E-state index in [0.717, 1.165) is 64.5 Å². The number of amides is 2. The maximum Gasteiger partial charge on any atom is 0.235 e. The first-order valence-electron chi connectivity index (χ1n) is 10.2. The van der Waals surface area contributed by atoms with E-state index in [0.29, 0.717) is 19.0 Å². The zero-order valence-corrected chi connectivity index (χ0v) is 16.4. The molecule has 1 unspecified atom stereocenters. The van der Waals surface area contributed by atoms with E-state index in [1.54, 1.807) is 0 Å². The zero-order chi connectivity index (χ0) is 19.0. The second-order valence-electron chi connectivity index (χ2n) is 8.30. The molecule has 2 amide bonds. The first kappa shape index (κ1) is 20.7. The van der Waals surface area contributed by atoms with Gasteiger partial charge in [-0.1, -0.05) is 39.5 Å². The number of nitrogens with one attached hydrogen (secondary N) is 2. The van der Waals surface area contributed by atoms with E-state index < -0.39 is 5.54 Å². The summed E-state index contributed by atoms with van der Waals surface area (Å²) in [5.41, 5.74) is -0.673. The van der Waals surface area contributed by atoms with Crippen LogP contribution in [0.1, 0.15) is 65.2 Å². The third-order valence-electron chi connectivity index (χ3n) is 5.61. The molecule has 1 saturated heterocycles. The summed E-state index contributed by atoms with van der Waals surface area (Å²) in [6.45, 7) is 6.54. The molecule has 6 heteroatoms. The van der Waals surface area contributed by atoms with Crippen LogP contribution in [0.5, 0.6) is 0 Å². The van der Waals surface area contributed by atoms with Crippen molar-refractivity contribution in [2.75, 3.05) is 26.2 Å². The second kappa shape index (κ2) is 9.91. The third-order valence-corrected chi connectivity index (χ3v) is 5.61. The minimum atomic E-state index is -0.673. The van der Waals surface area contributed by atoms with Crippen molar-refractivity contribution in [1.29, 1.82) is 5.26 Å². The minimum Gasteiger partial charge on any atom is -0.356 e. The molecule has 1 atom stereocenters. The highest BCUT2D eigenvalue weighted by atomic mass is 16.2. The number of nitriles is 1. The molecular weight excluding hydrogens is 328 g/mol. The Morgan fingerprint density at radius 3 is 2.50 bits per heavy atom. The molecule has 0 aromatic carbocycles. The van der Waals surface area contributed by atoms with Crippen LogP contribution in [0, 0.1) is 23.2 Å². The van der Waals surface area contributed by atoms with Gasteiger partial charge in [0.05, 0.1) is 12.6 Å². The van der Waals surface area contributed by atoms with Gasteiger partial charge in [0.2, 0.25) is 11.8 Å². The molecule has 26 heavy (non-hydrogen) atoms. The van der Waals surface area contributed by atoms with Gasteiger partial charge in [-0.25, -0.2) is 0 Å². The number of rotatable bonds is 6. The number of nitrogens with zero attached hydrogens (tertiary/aromatic N) is 2. The summed E-state index contributed by atoms with van der Waals surface area (Å²) in [5, 5.41) is 15.7. The topological polar surface area (TPSA) is 85.2 Å². The predicted molar refractivity (Wildman–Crippen MR) is 101 cm³/mol. The van der Waals surface area contributed by atoms with E-state index in [2.05, 4.69) is 21.6 Å². The lowest BCUT2D eigenvalue weighted by Gasteiger charge is -2.34. The number of carbonyl (C=O) groups excluding carboxylic acids is 2. The van der Waals surface area contributed by atoms with Crippen LogP contribution in [0.25, 0.3) is 0 Å². The first-order valence-corrected chi connectivity index (χ1v) is 10.2. The number of likely N-dealkylation sites (tertiary alicyclic amines) is 1. The van der Waals surface area contributed by atoms with Gasteiger partial charge in [0, 0.05) is 19.0 Å². The fourth-order valence-electron chi connectivity index (χ4n) is 4.02. The van der Waals surface area contributed by atoms with E-state index >= 15 is 0 Å². The normalized spacial score (nSPS) is 23.7. The molecule has 0 aromatic rings. The Balaban J connectivity index is 1.80. The summed E-state index contributed by atoms with van der Waals surface area (Å²) >= 11 is 0. The molecule has 146 valence electrons. The molecule has 0 radical (unpaired) electrons. The van der Waals surface area contributed by atoms with E-state index in [-0.39, 0.29) is 17.7 Å². The Bertz CT molecular complexity index is 518. The van der Waals surface area contributed by atoms with Crippen LogP contribution in [0.3, 0.4) is 0 Å². The smallest absolute Gasteiger partial charge is 0.235 e. The van der Waals surface area contributed by atoms with Crippen LogP contribution in [-0.2, 0) is 9.59 Å². The molecule has 2 fully saturated rings. The molecule has 2 N–H and O–H groups in total. The zero-order valence-electron chi connectivity index (χ0n) is 16.4. The van der Waals surface area contributed by atoms with Gasteiger partial charge in [-0.05, 0) is 38.1 Å².